The van der Waals surface area contributed by atoms with Gasteiger partial charge in [0.05, 0.1) is 47.3 Å². The number of nitrogens with zero attached hydrogens (tertiary/aromatic N) is 2. The SMILES string of the molecule is C=CCCC(=O)OC[C@H](NC(=O)[C@H]1[C@@H]2O[C@@]3(CC2Br)[C@@H]1C(=O)N([C@H](CO)c1ccccc1)[C@@H]3C(=O)N(CC=C)c1ccccc1Cl)c1ccccc1. The number of aliphatic hydroxyl groups excluding tert-OH is 1. The average Bonchev–Trinajstić information content (AvgIpc) is 3.76. The molecule has 52 heavy (non-hydrogen) atoms. The van der Waals surface area contributed by atoms with Crippen LogP contribution in [0.5, 0.6) is 0 Å². The first kappa shape index (κ1) is 37.5. The second kappa shape index (κ2) is 16.2. The van der Waals surface area contributed by atoms with Crippen LogP contribution in [-0.2, 0) is 28.7 Å². The van der Waals surface area contributed by atoms with Crippen molar-refractivity contribution in [2.45, 2.75) is 53.9 Å². The second-order valence-electron chi connectivity index (χ2n) is 13.2. The van der Waals surface area contributed by atoms with E-state index in [4.69, 9.17) is 21.1 Å². The van der Waals surface area contributed by atoms with Crippen LogP contribution in [0.25, 0.3) is 0 Å². The van der Waals surface area contributed by atoms with Crippen LogP contribution in [0, 0.1) is 11.8 Å². The van der Waals surface area contributed by atoms with Gasteiger partial charge in [-0.2, -0.15) is 0 Å². The number of alkyl halides is 1. The van der Waals surface area contributed by atoms with E-state index in [9.17, 15) is 19.5 Å². The first-order valence-corrected chi connectivity index (χ1v) is 18.5. The molecule has 0 aromatic heterocycles. The maximum Gasteiger partial charge on any atom is 0.306 e. The number of rotatable bonds is 15. The number of anilines is 1. The van der Waals surface area contributed by atoms with Gasteiger partial charge in [0.15, 0.2) is 0 Å². The van der Waals surface area contributed by atoms with Crippen molar-refractivity contribution in [2.75, 3.05) is 24.7 Å². The normalized spacial score (nSPS) is 25.6. The van der Waals surface area contributed by atoms with E-state index < -0.39 is 72.0 Å². The monoisotopic (exact) mass is 789 g/mol. The number of carbonyl (C=O) groups excluding carboxylic acids is 4. The van der Waals surface area contributed by atoms with Gasteiger partial charge in [-0.15, -0.1) is 13.2 Å². The van der Waals surface area contributed by atoms with Crippen LogP contribution in [0.1, 0.15) is 42.5 Å². The smallest absolute Gasteiger partial charge is 0.306 e. The van der Waals surface area contributed by atoms with Crippen molar-refractivity contribution in [2.24, 2.45) is 11.8 Å². The molecule has 2 N–H and O–H groups in total. The molecule has 0 aliphatic carbocycles. The van der Waals surface area contributed by atoms with Crippen molar-refractivity contribution in [1.29, 1.82) is 0 Å². The van der Waals surface area contributed by atoms with Crippen LogP contribution in [0.2, 0.25) is 5.02 Å². The number of esters is 1. The van der Waals surface area contributed by atoms with Crippen molar-refractivity contribution in [1.82, 2.24) is 10.2 Å². The average molecular weight is 791 g/mol. The number of allylic oxidation sites excluding steroid dienone is 1. The van der Waals surface area contributed by atoms with Gasteiger partial charge in [-0.25, -0.2) is 0 Å². The molecule has 3 aliphatic rings. The van der Waals surface area contributed by atoms with Crippen molar-refractivity contribution in [3.8, 4) is 0 Å². The summed E-state index contributed by atoms with van der Waals surface area (Å²) in [6.07, 6.45) is 3.31. The molecule has 3 aliphatic heterocycles. The molecular formula is C40H41BrClN3O7. The Hall–Kier alpha value is -4.29. The van der Waals surface area contributed by atoms with Crippen molar-refractivity contribution >= 4 is 56.9 Å². The number of fused-ring (bicyclic) bond motifs is 1. The van der Waals surface area contributed by atoms with E-state index in [1.165, 1.54) is 9.80 Å². The Kier molecular flexibility index (Phi) is 11.6. The number of halogens is 2. The van der Waals surface area contributed by atoms with Crippen molar-refractivity contribution < 1.29 is 33.8 Å². The zero-order valence-electron chi connectivity index (χ0n) is 28.5. The van der Waals surface area contributed by atoms with Crippen molar-refractivity contribution in [3.63, 3.8) is 0 Å². The van der Waals surface area contributed by atoms with E-state index in [0.29, 0.717) is 28.3 Å². The number of hydrogen-bond acceptors (Lipinski definition) is 7. The third-order valence-electron chi connectivity index (χ3n) is 10.2. The molecule has 272 valence electrons. The number of benzene rings is 3. The lowest BCUT2D eigenvalue weighted by Crippen LogP contribution is -2.58. The number of hydrogen-bond donors (Lipinski definition) is 2. The summed E-state index contributed by atoms with van der Waals surface area (Å²) in [5, 5.41) is 14.3. The summed E-state index contributed by atoms with van der Waals surface area (Å²) in [6, 6.07) is 22.1. The van der Waals surface area contributed by atoms with E-state index in [1.807, 2.05) is 36.4 Å². The van der Waals surface area contributed by atoms with Gasteiger partial charge in [0.2, 0.25) is 11.8 Å². The molecule has 0 saturated carbocycles. The second-order valence-corrected chi connectivity index (χ2v) is 14.8. The fourth-order valence-electron chi connectivity index (χ4n) is 7.91. The standard InChI is InChI=1S/C40H41BrClN3O7/c1-3-5-20-32(47)51-24-29(25-14-8-6-9-15-25)43-37(48)33-34-38(49)45(31(23-46)26-16-10-7-11-17-26)36(40(34)22-27(41)35(33)52-40)39(50)44(21-4-2)30-19-13-12-18-28(30)42/h3-4,6-19,27,29,31,33-36,46H,1-2,5,20-24H2,(H,43,48)/t27?,29-,31+,33+,34-,35+,36+,40-/m0/s1. The number of amides is 3. The Bertz CT molecular complexity index is 1810. The summed E-state index contributed by atoms with van der Waals surface area (Å²) in [5.41, 5.74) is 0.316. The summed E-state index contributed by atoms with van der Waals surface area (Å²) in [7, 11) is 0. The molecule has 12 heteroatoms. The van der Waals surface area contributed by atoms with Gasteiger partial charge in [0.25, 0.3) is 5.91 Å². The predicted molar refractivity (Wildman–Crippen MR) is 201 cm³/mol. The highest BCUT2D eigenvalue weighted by Gasteiger charge is 2.77. The fourth-order valence-corrected chi connectivity index (χ4v) is 9.09. The van der Waals surface area contributed by atoms with Crippen LogP contribution in [0.15, 0.2) is 110 Å². The van der Waals surface area contributed by atoms with Gasteiger partial charge in [-0.1, -0.05) is 112 Å². The van der Waals surface area contributed by atoms with Crippen LogP contribution in [0.3, 0.4) is 0 Å². The first-order valence-electron chi connectivity index (χ1n) is 17.2. The molecule has 0 radical (unpaired) electrons. The van der Waals surface area contributed by atoms with Crippen LogP contribution in [-0.4, -0.2) is 76.0 Å². The molecule has 3 saturated heterocycles. The Morgan fingerprint density at radius 3 is 2.33 bits per heavy atom. The van der Waals surface area contributed by atoms with Gasteiger partial charge < -0.3 is 29.7 Å². The third kappa shape index (κ3) is 6.94. The number of likely N-dealkylation sites (tertiary alicyclic amines) is 1. The lowest BCUT2D eigenvalue weighted by molar-refractivity contribution is -0.146. The molecule has 3 amide bonds. The molecule has 8 atom stereocenters. The molecule has 3 heterocycles. The molecule has 1 spiro atoms. The highest BCUT2D eigenvalue weighted by molar-refractivity contribution is 9.09. The Morgan fingerprint density at radius 2 is 1.69 bits per heavy atom. The van der Waals surface area contributed by atoms with E-state index in [2.05, 4.69) is 34.4 Å². The highest BCUT2D eigenvalue weighted by Crippen LogP contribution is 2.61. The summed E-state index contributed by atoms with van der Waals surface area (Å²) in [6.45, 7) is 6.97. The Labute approximate surface area is 316 Å². The molecule has 6 rings (SSSR count). The molecule has 1 unspecified atom stereocenters. The molecule has 3 fully saturated rings. The minimum absolute atomic E-state index is 0.0757. The number of aliphatic hydroxyl groups is 1. The molecule has 10 nitrogen and oxygen atoms in total. The zero-order valence-corrected chi connectivity index (χ0v) is 30.8. The summed E-state index contributed by atoms with van der Waals surface area (Å²) in [5.74, 6) is -3.95. The van der Waals surface area contributed by atoms with Crippen LogP contribution >= 0.6 is 27.5 Å². The summed E-state index contributed by atoms with van der Waals surface area (Å²) >= 11 is 10.4. The molecule has 2 bridgehead atoms. The largest absolute Gasteiger partial charge is 0.463 e. The van der Waals surface area contributed by atoms with Crippen LogP contribution < -0.4 is 10.2 Å². The minimum Gasteiger partial charge on any atom is -0.463 e. The highest BCUT2D eigenvalue weighted by atomic mass is 79.9. The quantitative estimate of drug-likeness (QED) is 0.115. The number of nitrogens with one attached hydrogen (secondary N) is 1. The van der Waals surface area contributed by atoms with Crippen LogP contribution in [0.4, 0.5) is 5.69 Å². The molecular weight excluding hydrogens is 750 g/mol. The number of ether oxygens (including phenoxy) is 2. The minimum atomic E-state index is -1.43. The number of carbonyl (C=O) groups is 4. The molecule has 3 aromatic carbocycles. The Balaban J connectivity index is 1.40. The van der Waals surface area contributed by atoms with Gasteiger partial charge in [0, 0.05) is 17.8 Å². The fraction of sp³-hybridized carbons (Fsp3) is 0.350. The zero-order chi connectivity index (χ0) is 37.0. The third-order valence-corrected chi connectivity index (χ3v) is 11.3. The summed E-state index contributed by atoms with van der Waals surface area (Å²) < 4.78 is 12.3. The van der Waals surface area contributed by atoms with Gasteiger partial charge in [0.1, 0.15) is 18.2 Å². The van der Waals surface area contributed by atoms with Gasteiger partial charge >= 0.3 is 5.97 Å². The maximum absolute atomic E-state index is 15.1. The topological polar surface area (TPSA) is 125 Å². The molecule has 3 aromatic rings. The lowest BCUT2D eigenvalue weighted by Gasteiger charge is -2.39. The predicted octanol–water partition coefficient (Wildman–Crippen LogP) is 5.71. The van der Waals surface area contributed by atoms with Crippen molar-refractivity contribution in [3.05, 3.63) is 126 Å². The van der Waals surface area contributed by atoms with Gasteiger partial charge in [-0.05, 0) is 36.1 Å². The lowest BCUT2D eigenvalue weighted by atomic mass is 9.70. The Morgan fingerprint density at radius 1 is 1.04 bits per heavy atom. The van der Waals surface area contributed by atoms with E-state index in [1.54, 1.807) is 60.7 Å². The summed E-state index contributed by atoms with van der Waals surface area (Å²) in [4.78, 5) is 59.6. The maximum atomic E-state index is 15.1. The first-order chi connectivity index (χ1) is 25.2. The van der Waals surface area contributed by atoms with Gasteiger partial charge in [-0.3, -0.25) is 19.2 Å². The van der Waals surface area contributed by atoms with E-state index in [0.717, 1.165) is 0 Å². The van der Waals surface area contributed by atoms with E-state index >= 15 is 4.79 Å². The number of para-hydroxylation sites is 1. The van der Waals surface area contributed by atoms with E-state index in [-0.39, 0.29) is 30.8 Å².